The zero-order valence-corrected chi connectivity index (χ0v) is 15.4. The number of benzene rings is 2. The molecule has 0 saturated heterocycles. The van der Waals surface area contributed by atoms with Crippen LogP contribution in [-0.2, 0) is 22.2 Å². The van der Waals surface area contributed by atoms with Gasteiger partial charge in [-0.15, -0.1) is 0 Å². The summed E-state index contributed by atoms with van der Waals surface area (Å²) >= 11 is 0. The van der Waals surface area contributed by atoms with Gasteiger partial charge in [-0.3, -0.25) is 0 Å². The molecule has 0 bridgehead atoms. The largest absolute Gasteiger partial charge is 0.385 e. The first-order valence-electron chi connectivity index (χ1n) is 8.39. The van der Waals surface area contributed by atoms with Crippen molar-refractivity contribution in [2.45, 2.75) is 30.3 Å². The number of alkyl halides is 2. The lowest BCUT2D eigenvalue weighted by molar-refractivity contribution is -0.109. The van der Waals surface area contributed by atoms with E-state index in [2.05, 4.69) is 4.98 Å². The van der Waals surface area contributed by atoms with Gasteiger partial charge in [-0.1, -0.05) is 0 Å². The van der Waals surface area contributed by atoms with Crippen molar-refractivity contribution in [1.29, 1.82) is 0 Å². The molecule has 28 heavy (non-hydrogen) atoms. The van der Waals surface area contributed by atoms with Crippen molar-refractivity contribution < 1.29 is 31.1 Å². The average Bonchev–Trinajstić information content (AvgIpc) is 2.89. The predicted molar refractivity (Wildman–Crippen MR) is 94.2 cm³/mol. The number of aliphatic hydroxyl groups excluding tert-OH is 1. The Kier molecular flexibility index (Phi) is 4.10. The SMILES string of the molecule is Cc1[nH]c2ccc(F)cc2c1Cc1cc2c(cc1F)S(=O)(=O)CC(O)C2(F)F. The fraction of sp³-hybridized carbons (Fsp3) is 0.263. The van der Waals surface area contributed by atoms with Gasteiger partial charge in [-0.05, 0) is 48.4 Å². The van der Waals surface area contributed by atoms with Crippen molar-refractivity contribution in [3.05, 3.63) is 64.4 Å². The van der Waals surface area contributed by atoms with Gasteiger partial charge in [0.2, 0.25) is 0 Å². The van der Waals surface area contributed by atoms with E-state index < -0.39 is 49.7 Å². The van der Waals surface area contributed by atoms with Crippen molar-refractivity contribution in [3.63, 3.8) is 0 Å². The smallest absolute Gasteiger partial charge is 0.300 e. The molecule has 3 aromatic rings. The molecular weight excluding hydrogens is 398 g/mol. The van der Waals surface area contributed by atoms with Gasteiger partial charge in [0.1, 0.15) is 17.7 Å². The van der Waals surface area contributed by atoms with E-state index in [1.807, 2.05) is 0 Å². The zero-order valence-electron chi connectivity index (χ0n) is 14.6. The number of aromatic amines is 1. The molecule has 0 amide bonds. The summed E-state index contributed by atoms with van der Waals surface area (Å²) in [6.07, 6.45) is -2.56. The fourth-order valence-corrected chi connectivity index (χ4v) is 5.23. The molecule has 1 aromatic heterocycles. The number of hydrogen-bond acceptors (Lipinski definition) is 3. The Balaban J connectivity index is 1.89. The van der Waals surface area contributed by atoms with Crippen LogP contribution in [0.4, 0.5) is 17.6 Å². The van der Waals surface area contributed by atoms with Crippen molar-refractivity contribution in [2.75, 3.05) is 5.75 Å². The van der Waals surface area contributed by atoms with Crippen LogP contribution in [0.3, 0.4) is 0 Å². The first kappa shape index (κ1) is 18.9. The molecule has 9 heteroatoms. The van der Waals surface area contributed by atoms with Crippen LogP contribution in [0.2, 0.25) is 0 Å². The van der Waals surface area contributed by atoms with Crippen molar-refractivity contribution in [1.82, 2.24) is 4.98 Å². The second-order valence-corrected chi connectivity index (χ2v) is 8.96. The summed E-state index contributed by atoms with van der Waals surface area (Å²) in [6, 6.07) is 5.38. The van der Waals surface area contributed by atoms with Crippen LogP contribution < -0.4 is 0 Å². The van der Waals surface area contributed by atoms with Gasteiger partial charge < -0.3 is 10.1 Å². The van der Waals surface area contributed by atoms with Crippen LogP contribution >= 0.6 is 0 Å². The normalized spacial score (nSPS) is 20.3. The van der Waals surface area contributed by atoms with E-state index >= 15 is 0 Å². The lowest BCUT2D eigenvalue weighted by Crippen LogP contribution is -2.42. The average molecular weight is 413 g/mol. The van der Waals surface area contributed by atoms with E-state index in [1.54, 1.807) is 6.92 Å². The third-order valence-electron chi connectivity index (χ3n) is 5.09. The number of sulfone groups is 1. The molecular formula is C19H15F4NO3S. The van der Waals surface area contributed by atoms with E-state index in [0.717, 1.165) is 6.07 Å². The molecule has 0 radical (unpaired) electrons. The highest BCUT2D eigenvalue weighted by Crippen LogP contribution is 2.43. The predicted octanol–water partition coefficient (Wildman–Crippen LogP) is 3.59. The minimum atomic E-state index is -4.24. The second-order valence-electron chi connectivity index (χ2n) is 6.96. The molecule has 4 nitrogen and oxygen atoms in total. The maximum Gasteiger partial charge on any atom is 0.300 e. The highest BCUT2D eigenvalue weighted by atomic mass is 32.2. The van der Waals surface area contributed by atoms with Crippen LogP contribution in [-0.4, -0.2) is 30.4 Å². The Bertz CT molecular complexity index is 1220. The maximum absolute atomic E-state index is 14.6. The van der Waals surface area contributed by atoms with Gasteiger partial charge >= 0.3 is 5.92 Å². The van der Waals surface area contributed by atoms with Crippen LogP contribution in [0.5, 0.6) is 0 Å². The van der Waals surface area contributed by atoms with Crippen molar-refractivity contribution in [2.24, 2.45) is 0 Å². The highest BCUT2D eigenvalue weighted by Gasteiger charge is 2.50. The fourth-order valence-electron chi connectivity index (χ4n) is 3.61. The monoisotopic (exact) mass is 413 g/mol. The molecule has 0 saturated carbocycles. The summed E-state index contributed by atoms with van der Waals surface area (Å²) in [4.78, 5) is 2.21. The summed E-state index contributed by atoms with van der Waals surface area (Å²) in [6.45, 7) is 1.69. The molecule has 2 heterocycles. The molecule has 1 aliphatic rings. The third kappa shape index (κ3) is 2.80. The number of aromatic nitrogens is 1. The molecule has 1 unspecified atom stereocenters. The van der Waals surface area contributed by atoms with E-state index in [1.165, 1.54) is 18.2 Å². The van der Waals surface area contributed by atoms with Crippen LogP contribution in [0.1, 0.15) is 22.4 Å². The second kappa shape index (κ2) is 6.05. The summed E-state index contributed by atoms with van der Waals surface area (Å²) < 4.78 is 81.3. The number of aliphatic hydroxyl groups is 1. The maximum atomic E-state index is 14.6. The van der Waals surface area contributed by atoms with Crippen molar-refractivity contribution in [3.8, 4) is 0 Å². The number of H-pyrrole nitrogens is 1. The third-order valence-corrected chi connectivity index (χ3v) is 6.85. The summed E-state index contributed by atoms with van der Waals surface area (Å²) in [5.41, 5.74) is 0.630. The topological polar surface area (TPSA) is 70.2 Å². The van der Waals surface area contributed by atoms with Gasteiger partial charge in [-0.2, -0.15) is 8.78 Å². The molecule has 2 N–H and O–H groups in total. The Morgan fingerprint density at radius 3 is 2.64 bits per heavy atom. The summed E-state index contributed by atoms with van der Waals surface area (Å²) in [5.74, 6) is -6.46. The van der Waals surface area contributed by atoms with E-state index in [-0.39, 0.29) is 12.0 Å². The van der Waals surface area contributed by atoms with E-state index in [9.17, 15) is 31.1 Å². The molecule has 0 aliphatic carbocycles. The van der Waals surface area contributed by atoms with Gasteiger partial charge in [0.05, 0.1) is 10.6 Å². The minimum absolute atomic E-state index is 0.152. The Morgan fingerprint density at radius 2 is 1.93 bits per heavy atom. The molecule has 0 spiro atoms. The molecule has 2 aromatic carbocycles. The number of nitrogens with one attached hydrogen (secondary N) is 1. The molecule has 148 valence electrons. The number of fused-ring (bicyclic) bond motifs is 2. The number of hydrogen-bond donors (Lipinski definition) is 2. The molecule has 1 aliphatic heterocycles. The Hall–Kier alpha value is -2.39. The van der Waals surface area contributed by atoms with E-state index in [0.29, 0.717) is 28.2 Å². The molecule has 0 fully saturated rings. The van der Waals surface area contributed by atoms with Crippen molar-refractivity contribution >= 4 is 20.7 Å². The van der Waals surface area contributed by atoms with E-state index in [4.69, 9.17) is 0 Å². The quantitative estimate of drug-likeness (QED) is 0.631. The van der Waals surface area contributed by atoms with Crippen LogP contribution in [0.15, 0.2) is 35.2 Å². The van der Waals surface area contributed by atoms with Gasteiger partial charge in [0, 0.05) is 28.6 Å². The first-order chi connectivity index (χ1) is 13.0. The molecule has 4 rings (SSSR count). The van der Waals surface area contributed by atoms with Crippen LogP contribution in [0, 0.1) is 18.6 Å². The minimum Gasteiger partial charge on any atom is -0.385 e. The van der Waals surface area contributed by atoms with Gasteiger partial charge in [0.25, 0.3) is 0 Å². The van der Waals surface area contributed by atoms with Gasteiger partial charge in [-0.25, -0.2) is 17.2 Å². The summed E-state index contributed by atoms with van der Waals surface area (Å²) in [5, 5.41) is 10.1. The number of aryl methyl sites for hydroxylation is 1. The first-order valence-corrected chi connectivity index (χ1v) is 10.0. The highest BCUT2D eigenvalue weighted by molar-refractivity contribution is 7.91. The zero-order chi connectivity index (χ0) is 20.4. The van der Waals surface area contributed by atoms with Gasteiger partial charge in [0.15, 0.2) is 9.84 Å². The lowest BCUT2D eigenvalue weighted by Gasteiger charge is -2.30. The lowest BCUT2D eigenvalue weighted by atomic mass is 9.96. The Morgan fingerprint density at radius 1 is 1.21 bits per heavy atom. The Labute approximate surface area is 157 Å². The van der Waals surface area contributed by atoms with Crippen LogP contribution in [0.25, 0.3) is 10.9 Å². The molecule has 1 atom stereocenters. The number of rotatable bonds is 2. The summed E-state index contributed by atoms with van der Waals surface area (Å²) in [7, 11) is -4.24. The standard InChI is InChI=1S/C19H15F4NO3S/c1-9-12(13-6-11(20)2-3-16(13)24-9)4-10-5-14-17(7-15(10)21)28(26,27)8-18(25)19(14,22)23/h2-3,5-7,18,24-25H,4,8H2,1H3. The number of halogens is 4.